The average Bonchev–Trinajstić information content (AvgIpc) is 2.83. The Morgan fingerprint density at radius 3 is 2.89 bits per heavy atom. The van der Waals surface area contributed by atoms with E-state index in [4.69, 9.17) is 9.47 Å². The number of rotatable bonds is 4. The Kier molecular flexibility index (Phi) is 3.27. The molecule has 3 nitrogen and oxygen atoms in total. The monoisotopic (exact) mass is 248 g/mol. The molecule has 0 radical (unpaired) electrons. The molecule has 0 heterocycles. The van der Waals surface area contributed by atoms with Gasteiger partial charge in [-0.25, -0.2) is 0 Å². The van der Waals surface area contributed by atoms with E-state index in [0.717, 1.165) is 12.2 Å². The second kappa shape index (κ2) is 4.90. The molecule has 1 saturated carbocycles. The molecule has 0 spiro atoms. The smallest absolute Gasteiger partial charge is 0.130 e. The summed E-state index contributed by atoms with van der Waals surface area (Å²) >= 11 is 0. The van der Waals surface area contributed by atoms with Gasteiger partial charge in [0.05, 0.1) is 6.10 Å². The highest BCUT2D eigenvalue weighted by molar-refractivity contribution is 5.38. The standard InChI is InChI=1S/C15H20O3/c1-2-17-15-13(16)9-14(15)18-12-7-6-10-4-3-5-11(10)8-12/h6-8,13-16H,2-5,9H2,1H3. The summed E-state index contributed by atoms with van der Waals surface area (Å²) in [7, 11) is 0. The lowest BCUT2D eigenvalue weighted by Gasteiger charge is -2.40. The summed E-state index contributed by atoms with van der Waals surface area (Å²) < 4.78 is 11.4. The van der Waals surface area contributed by atoms with Crippen molar-refractivity contribution in [2.24, 2.45) is 0 Å². The van der Waals surface area contributed by atoms with E-state index in [1.165, 1.54) is 24.0 Å². The van der Waals surface area contributed by atoms with Crippen LogP contribution in [-0.4, -0.2) is 30.0 Å². The molecule has 98 valence electrons. The highest BCUT2D eigenvalue weighted by Gasteiger charge is 2.42. The number of hydrogen-bond acceptors (Lipinski definition) is 3. The van der Waals surface area contributed by atoms with Crippen molar-refractivity contribution in [2.75, 3.05) is 6.61 Å². The van der Waals surface area contributed by atoms with Gasteiger partial charge < -0.3 is 14.6 Å². The minimum atomic E-state index is -0.371. The minimum Gasteiger partial charge on any atom is -0.488 e. The van der Waals surface area contributed by atoms with Gasteiger partial charge in [-0.3, -0.25) is 0 Å². The maximum atomic E-state index is 9.64. The Hall–Kier alpha value is -1.06. The summed E-state index contributed by atoms with van der Waals surface area (Å²) in [5, 5.41) is 9.64. The van der Waals surface area contributed by atoms with Crippen molar-refractivity contribution in [3.8, 4) is 5.75 Å². The number of hydrogen-bond donors (Lipinski definition) is 1. The molecule has 1 aromatic rings. The maximum absolute atomic E-state index is 9.64. The van der Waals surface area contributed by atoms with Crippen LogP contribution in [-0.2, 0) is 17.6 Å². The molecule has 3 heteroatoms. The number of fused-ring (bicyclic) bond motifs is 1. The van der Waals surface area contributed by atoms with Gasteiger partial charge in [0, 0.05) is 13.0 Å². The first-order valence-corrected chi connectivity index (χ1v) is 6.86. The van der Waals surface area contributed by atoms with Crippen LogP contribution in [0.1, 0.15) is 30.9 Å². The second-order valence-corrected chi connectivity index (χ2v) is 5.16. The summed E-state index contributed by atoms with van der Waals surface area (Å²) in [6.07, 6.45) is 3.74. The van der Waals surface area contributed by atoms with E-state index >= 15 is 0 Å². The molecule has 3 unspecified atom stereocenters. The Balaban J connectivity index is 1.66. The summed E-state index contributed by atoms with van der Waals surface area (Å²) in [6, 6.07) is 6.36. The van der Waals surface area contributed by atoms with Gasteiger partial charge in [0.1, 0.15) is 18.0 Å². The van der Waals surface area contributed by atoms with Gasteiger partial charge in [-0.15, -0.1) is 0 Å². The molecule has 1 fully saturated rings. The number of aliphatic hydroxyl groups is 1. The minimum absolute atomic E-state index is 0.000553. The number of benzene rings is 1. The summed E-state index contributed by atoms with van der Waals surface area (Å²) in [5.74, 6) is 0.914. The molecule has 0 aliphatic heterocycles. The van der Waals surface area contributed by atoms with E-state index in [1.54, 1.807) is 0 Å². The first-order chi connectivity index (χ1) is 8.78. The van der Waals surface area contributed by atoms with Crippen LogP contribution in [0, 0.1) is 0 Å². The lowest BCUT2D eigenvalue weighted by Crippen LogP contribution is -2.55. The van der Waals surface area contributed by atoms with Gasteiger partial charge in [0.25, 0.3) is 0 Å². The Morgan fingerprint density at radius 2 is 2.11 bits per heavy atom. The second-order valence-electron chi connectivity index (χ2n) is 5.16. The Bertz CT molecular complexity index is 430. The third kappa shape index (κ3) is 2.13. The van der Waals surface area contributed by atoms with E-state index in [1.807, 2.05) is 13.0 Å². The van der Waals surface area contributed by atoms with Gasteiger partial charge in [0.15, 0.2) is 0 Å². The van der Waals surface area contributed by atoms with Crippen molar-refractivity contribution in [1.29, 1.82) is 0 Å². The zero-order valence-electron chi connectivity index (χ0n) is 10.8. The average molecular weight is 248 g/mol. The quantitative estimate of drug-likeness (QED) is 0.886. The molecule has 3 rings (SSSR count). The largest absolute Gasteiger partial charge is 0.488 e. The molecule has 2 aliphatic carbocycles. The number of ether oxygens (including phenoxy) is 2. The zero-order valence-corrected chi connectivity index (χ0v) is 10.8. The fourth-order valence-corrected chi connectivity index (χ4v) is 2.88. The Labute approximate surface area is 108 Å². The molecule has 1 aromatic carbocycles. The molecule has 0 amide bonds. The predicted molar refractivity (Wildman–Crippen MR) is 68.9 cm³/mol. The van der Waals surface area contributed by atoms with Crippen LogP contribution in [0.3, 0.4) is 0 Å². The van der Waals surface area contributed by atoms with Gasteiger partial charge in [-0.05, 0) is 49.4 Å². The van der Waals surface area contributed by atoms with E-state index in [-0.39, 0.29) is 18.3 Å². The van der Waals surface area contributed by atoms with E-state index in [2.05, 4.69) is 12.1 Å². The molecular weight excluding hydrogens is 228 g/mol. The normalized spacial score (nSPS) is 29.8. The van der Waals surface area contributed by atoms with Crippen LogP contribution < -0.4 is 4.74 Å². The molecule has 0 aromatic heterocycles. The summed E-state index contributed by atoms with van der Waals surface area (Å²) in [6.45, 7) is 2.56. The summed E-state index contributed by atoms with van der Waals surface area (Å²) in [5.41, 5.74) is 2.87. The molecule has 0 bridgehead atoms. The maximum Gasteiger partial charge on any atom is 0.130 e. The third-order valence-corrected chi connectivity index (χ3v) is 3.94. The highest BCUT2D eigenvalue weighted by atomic mass is 16.6. The van der Waals surface area contributed by atoms with Gasteiger partial charge in [0.2, 0.25) is 0 Å². The van der Waals surface area contributed by atoms with Crippen molar-refractivity contribution in [3.05, 3.63) is 29.3 Å². The van der Waals surface area contributed by atoms with Crippen molar-refractivity contribution in [3.63, 3.8) is 0 Å². The van der Waals surface area contributed by atoms with Crippen LogP contribution in [0.25, 0.3) is 0 Å². The first-order valence-electron chi connectivity index (χ1n) is 6.86. The highest BCUT2D eigenvalue weighted by Crippen LogP contribution is 2.31. The third-order valence-electron chi connectivity index (χ3n) is 3.94. The van der Waals surface area contributed by atoms with Gasteiger partial charge >= 0.3 is 0 Å². The topological polar surface area (TPSA) is 38.7 Å². The molecular formula is C15H20O3. The van der Waals surface area contributed by atoms with Gasteiger partial charge in [-0.2, -0.15) is 0 Å². The SMILES string of the molecule is CCOC1C(O)CC1Oc1ccc2c(c1)CCC2. The van der Waals surface area contributed by atoms with E-state index in [0.29, 0.717) is 13.0 Å². The van der Waals surface area contributed by atoms with Crippen LogP contribution in [0.2, 0.25) is 0 Å². The van der Waals surface area contributed by atoms with Crippen LogP contribution in [0.5, 0.6) is 5.75 Å². The predicted octanol–water partition coefficient (Wildman–Crippen LogP) is 2.09. The van der Waals surface area contributed by atoms with E-state index in [9.17, 15) is 5.11 Å². The summed E-state index contributed by atoms with van der Waals surface area (Å²) in [4.78, 5) is 0. The first kappa shape index (κ1) is 12.0. The van der Waals surface area contributed by atoms with Crippen molar-refractivity contribution >= 4 is 0 Å². The number of aliphatic hydroxyl groups excluding tert-OH is 1. The fraction of sp³-hybridized carbons (Fsp3) is 0.600. The molecule has 2 aliphatic rings. The lowest BCUT2D eigenvalue weighted by atomic mass is 9.88. The van der Waals surface area contributed by atoms with Crippen molar-refractivity contribution in [1.82, 2.24) is 0 Å². The molecule has 18 heavy (non-hydrogen) atoms. The van der Waals surface area contributed by atoms with Crippen LogP contribution >= 0.6 is 0 Å². The molecule has 3 atom stereocenters. The molecule has 1 N–H and O–H groups in total. The fourth-order valence-electron chi connectivity index (χ4n) is 2.88. The van der Waals surface area contributed by atoms with Crippen LogP contribution in [0.4, 0.5) is 0 Å². The van der Waals surface area contributed by atoms with Crippen molar-refractivity contribution < 1.29 is 14.6 Å². The lowest BCUT2D eigenvalue weighted by molar-refractivity contribution is -0.160. The molecule has 0 saturated heterocycles. The van der Waals surface area contributed by atoms with Crippen molar-refractivity contribution in [2.45, 2.75) is 50.9 Å². The van der Waals surface area contributed by atoms with E-state index < -0.39 is 0 Å². The van der Waals surface area contributed by atoms with Crippen LogP contribution in [0.15, 0.2) is 18.2 Å². The Morgan fingerprint density at radius 1 is 1.28 bits per heavy atom. The number of aryl methyl sites for hydroxylation is 2. The van der Waals surface area contributed by atoms with Gasteiger partial charge in [-0.1, -0.05) is 6.07 Å². The zero-order chi connectivity index (χ0) is 12.5.